The molecule has 3 heterocycles. The fourth-order valence-corrected chi connectivity index (χ4v) is 3.69. The van der Waals surface area contributed by atoms with Gasteiger partial charge in [0.25, 0.3) is 0 Å². The van der Waals surface area contributed by atoms with E-state index in [1.165, 1.54) is 19.5 Å². The molecule has 20 heavy (non-hydrogen) atoms. The Hall–Kier alpha value is -1.20. The van der Waals surface area contributed by atoms with Crippen molar-refractivity contribution in [3.8, 4) is 0 Å². The van der Waals surface area contributed by atoms with E-state index >= 15 is 0 Å². The van der Waals surface area contributed by atoms with E-state index in [1.54, 1.807) is 11.3 Å². The number of hydrogen-bond acceptors (Lipinski definition) is 5. The quantitative estimate of drug-likeness (QED) is 0.939. The molecule has 1 aliphatic heterocycles. The average molecular weight is 290 g/mol. The van der Waals surface area contributed by atoms with Crippen LogP contribution < -0.4 is 5.32 Å². The van der Waals surface area contributed by atoms with Crippen molar-refractivity contribution >= 4 is 27.4 Å². The molecule has 1 aliphatic rings. The summed E-state index contributed by atoms with van der Waals surface area (Å²) in [6.45, 7) is 7.86. The summed E-state index contributed by atoms with van der Waals surface area (Å²) < 4.78 is 0. The zero-order chi connectivity index (χ0) is 14.1. The van der Waals surface area contributed by atoms with Crippen molar-refractivity contribution in [1.29, 1.82) is 0 Å². The fourth-order valence-electron chi connectivity index (χ4n) is 2.91. The SMILES string of the molecule is CNc1nc(CN2CCC(C(C)C)C2)nc2sccc12. The topological polar surface area (TPSA) is 41.1 Å². The molecule has 1 unspecified atom stereocenters. The summed E-state index contributed by atoms with van der Waals surface area (Å²) in [5.41, 5.74) is 0. The van der Waals surface area contributed by atoms with Crippen molar-refractivity contribution in [2.75, 3.05) is 25.5 Å². The molecule has 0 aliphatic carbocycles. The highest BCUT2D eigenvalue weighted by molar-refractivity contribution is 7.16. The second-order valence-electron chi connectivity index (χ2n) is 5.91. The Labute approximate surface area is 124 Å². The van der Waals surface area contributed by atoms with E-state index in [0.29, 0.717) is 0 Å². The monoisotopic (exact) mass is 290 g/mol. The standard InChI is InChI=1S/C15H22N4S/c1-10(2)11-4-6-19(8-11)9-13-17-14(16-3)12-5-7-20-15(12)18-13/h5,7,10-11H,4,6,8-9H2,1-3H3,(H,16,17,18). The van der Waals surface area contributed by atoms with Gasteiger partial charge in [0.2, 0.25) is 0 Å². The maximum atomic E-state index is 4.70. The highest BCUT2D eigenvalue weighted by atomic mass is 32.1. The molecule has 108 valence electrons. The van der Waals surface area contributed by atoms with Gasteiger partial charge in [-0.2, -0.15) is 0 Å². The Balaban J connectivity index is 1.78. The molecular weight excluding hydrogens is 268 g/mol. The molecule has 2 aromatic rings. The highest BCUT2D eigenvalue weighted by Crippen LogP contribution is 2.27. The second-order valence-corrected chi connectivity index (χ2v) is 6.80. The maximum Gasteiger partial charge on any atom is 0.146 e. The van der Waals surface area contributed by atoms with E-state index in [9.17, 15) is 0 Å². The van der Waals surface area contributed by atoms with Crippen molar-refractivity contribution in [3.63, 3.8) is 0 Å². The number of rotatable bonds is 4. The molecule has 0 bridgehead atoms. The van der Waals surface area contributed by atoms with Crippen LogP contribution in [0.2, 0.25) is 0 Å². The summed E-state index contributed by atoms with van der Waals surface area (Å²) in [6, 6.07) is 2.08. The molecule has 0 radical (unpaired) electrons. The van der Waals surface area contributed by atoms with Crippen LogP contribution in [0.25, 0.3) is 10.2 Å². The van der Waals surface area contributed by atoms with Gasteiger partial charge in [-0.25, -0.2) is 9.97 Å². The minimum Gasteiger partial charge on any atom is -0.372 e. The molecule has 0 spiro atoms. The number of hydrogen-bond donors (Lipinski definition) is 1. The summed E-state index contributed by atoms with van der Waals surface area (Å²) in [7, 11) is 1.92. The Morgan fingerprint density at radius 3 is 3.00 bits per heavy atom. The van der Waals surface area contributed by atoms with Crippen LogP contribution in [-0.2, 0) is 6.54 Å². The number of nitrogens with zero attached hydrogens (tertiary/aromatic N) is 3. The van der Waals surface area contributed by atoms with Crippen molar-refractivity contribution in [2.24, 2.45) is 11.8 Å². The average Bonchev–Trinajstić information content (AvgIpc) is 3.06. The van der Waals surface area contributed by atoms with Crippen molar-refractivity contribution in [3.05, 3.63) is 17.3 Å². The minimum atomic E-state index is 0.772. The van der Waals surface area contributed by atoms with Crippen LogP contribution in [0.5, 0.6) is 0 Å². The van der Waals surface area contributed by atoms with Crippen molar-refractivity contribution < 1.29 is 0 Å². The van der Waals surface area contributed by atoms with Crippen LogP contribution in [-0.4, -0.2) is 35.0 Å². The molecule has 0 amide bonds. The first-order chi connectivity index (χ1) is 9.67. The largest absolute Gasteiger partial charge is 0.372 e. The van der Waals surface area contributed by atoms with Crippen LogP contribution in [0.4, 0.5) is 5.82 Å². The third-order valence-corrected chi connectivity index (χ3v) is 5.03. The molecule has 2 aromatic heterocycles. The van der Waals surface area contributed by atoms with Gasteiger partial charge < -0.3 is 5.32 Å². The van der Waals surface area contributed by atoms with Crippen molar-refractivity contribution in [1.82, 2.24) is 14.9 Å². The summed E-state index contributed by atoms with van der Waals surface area (Å²) in [5, 5.41) is 6.39. The third-order valence-electron chi connectivity index (χ3n) is 4.22. The van der Waals surface area contributed by atoms with Gasteiger partial charge >= 0.3 is 0 Å². The summed E-state index contributed by atoms with van der Waals surface area (Å²) in [6.07, 6.45) is 1.30. The first kappa shape index (κ1) is 13.8. The van der Waals surface area contributed by atoms with Crippen LogP contribution in [0.1, 0.15) is 26.1 Å². The zero-order valence-electron chi connectivity index (χ0n) is 12.4. The van der Waals surface area contributed by atoms with Gasteiger partial charge in [0, 0.05) is 13.6 Å². The van der Waals surface area contributed by atoms with E-state index in [1.807, 2.05) is 7.05 Å². The number of fused-ring (bicyclic) bond motifs is 1. The number of aromatic nitrogens is 2. The Morgan fingerprint density at radius 2 is 2.30 bits per heavy atom. The first-order valence-electron chi connectivity index (χ1n) is 7.31. The molecule has 0 aromatic carbocycles. The van der Waals surface area contributed by atoms with Crippen LogP contribution >= 0.6 is 11.3 Å². The lowest BCUT2D eigenvalue weighted by atomic mass is 9.95. The van der Waals surface area contributed by atoms with Gasteiger partial charge in [-0.1, -0.05) is 13.8 Å². The summed E-state index contributed by atoms with van der Waals surface area (Å²) in [4.78, 5) is 12.9. The van der Waals surface area contributed by atoms with Crippen LogP contribution in [0, 0.1) is 11.8 Å². The molecule has 1 fully saturated rings. The lowest BCUT2D eigenvalue weighted by molar-refractivity contribution is 0.291. The van der Waals surface area contributed by atoms with Crippen LogP contribution in [0.3, 0.4) is 0 Å². The van der Waals surface area contributed by atoms with Gasteiger partial charge in [-0.15, -0.1) is 11.3 Å². The van der Waals surface area contributed by atoms with E-state index in [0.717, 1.165) is 40.2 Å². The molecule has 4 nitrogen and oxygen atoms in total. The fraction of sp³-hybridized carbons (Fsp3) is 0.600. The molecule has 1 saturated heterocycles. The van der Waals surface area contributed by atoms with E-state index in [-0.39, 0.29) is 0 Å². The smallest absolute Gasteiger partial charge is 0.146 e. The molecule has 1 atom stereocenters. The number of likely N-dealkylation sites (tertiary alicyclic amines) is 1. The lowest BCUT2D eigenvalue weighted by Gasteiger charge is -2.17. The van der Waals surface area contributed by atoms with Crippen LogP contribution in [0.15, 0.2) is 11.4 Å². The van der Waals surface area contributed by atoms with Crippen molar-refractivity contribution in [2.45, 2.75) is 26.8 Å². The molecule has 0 saturated carbocycles. The zero-order valence-corrected chi connectivity index (χ0v) is 13.2. The summed E-state index contributed by atoms with van der Waals surface area (Å²) in [5.74, 6) is 3.48. The van der Waals surface area contributed by atoms with Gasteiger partial charge in [0.1, 0.15) is 16.5 Å². The maximum absolute atomic E-state index is 4.70. The van der Waals surface area contributed by atoms with E-state index in [2.05, 4.69) is 40.5 Å². The Morgan fingerprint density at radius 1 is 1.45 bits per heavy atom. The number of anilines is 1. The molecule has 5 heteroatoms. The lowest BCUT2D eigenvalue weighted by Crippen LogP contribution is -2.22. The highest BCUT2D eigenvalue weighted by Gasteiger charge is 2.25. The van der Waals surface area contributed by atoms with E-state index < -0.39 is 0 Å². The number of nitrogens with one attached hydrogen (secondary N) is 1. The van der Waals surface area contributed by atoms with Gasteiger partial charge in [0.15, 0.2) is 0 Å². The van der Waals surface area contributed by atoms with Gasteiger partial charge in [0.05, 0.1) is 11.9 Å². The van der Waals surface area contributed by atoms with Gasteiger partial charge in [-0.3, -0.25) is 4.90 Å². The Bertz CT molecular complexity index is 593. The molecular formula is C15H22N4S. The Kier molecular flexibility index (Phi) is 3.89. The van der Waals surface area contributed by atoms with Gasteiger partial charge in [-0.05, 0) is 36.2 Å². The molecule has 3 rings (SSSR count). The minimum absolute atomic E-state index is 0.772. The third kappa shape index (κ3) is 2.65. The van der Waals surface area contributed by atoms with E-state index in [4.69, 9.17) is 4.98 Å². The predicted molar refractivity (Wildman–Crippen MR) is 85.2 cm³/mol. The normalized spacial score (nSPS) is 20.1. The second kappa shape index (κ2) is 5.66. The first-order valence-corrected chi connectivity index (χ1v) is 8.19. The summed E-state index contributed by atoms with van der Waals surface area (Å²) >= 11 is 1.68. The molecule has 1 N–H and O–H groups in total. The predicted octanol–water partition coefficient (Wildman–Crippen LogP) is 3.21. The number of thiophene rings is 1.